The van der Waals surface area contributed by atoms with Gasteiger partial charge in [-0.15, -0.1) is 12.6 Å². The summed E-state index contributed by atoms with van der Waals surface area (Å²) < 4.78 is 5.10. The standard InChI is InChI=1S/C11H23NO2S4.Zn/c13-11(12-9(17)5-1-3-7-15)14-10(18)6-2-4-8-16;/h9-10,15-18H,1-8H2,(H,12,13);. The zero-order chi connectivity index (χ0) is 13.8. The molecule has 0 aliphatic carbocycles. The molecule has 0 heterocycles. The zero-order valence-corrected chi connectivity index (χ0v) is 17.7. The van der Waals surface area contributed by atoms with E-state index in [0.717, 1.165) is 50.0 Å². The number of thiol groups is 4. The van der Waals surface area contributed by atoms with Crippen LogP contribution in [0.1, 0.15) is 38.5 Å². The Labute approximate surface area is 151 Å². The molecule has 0 aromatic carbocycles. The third kappa shape index (κ3) is 15.5. The van der Waals surface area contributed by atoms with Gasteiger partial charge in [0.05, 0.1) is 5.37 Å². The maximum Gasteiger partial charge on any atom is 0.409 e. The van der Waals surface area contributed by atoms with Crippen molar-refractivity contribution >= 4 is 56.6 Å². The van der Waals surface area contributed by atoms with E-state index in [-0.39, 0.29) is 30.3 Å². The molecule has 110 valence electrons. The van der Waals surface area contributed by atoms with Gasteiger partial charge in [-0.2, -0.15) is 37.9 Å². The Hall–Kier alpha value is 1.29. The van der Waals surface area contributed by atoms with Gasteiger partial charge in [-0.25, -0.2) is 4.79 Å². The molecule has 8 heteroatoms. The second-order valence-corrected chi connectivity index (χ2v) is 6.05. The minimum absolute atomic E-state index is 0. The summed E-state index contributed by atoms with van der Waals surface area (Å²) in [6.07, 6.45) is 5.08. The predicted molar refractivity (Wildman–Crippen MR) is 90.6 cm³/mol. The van der Waals surface area contributed by atoms with E-state index in [1.54, 1.807) is 0 Å². The van der Waals surface area contributed by atoms with Crippen LogP contribution in [0.5, 0.6) is 0 Å². The summed E-state index contributed by atoms with van der Waals surface area (Å²) in [6, 6.07) is 0. The SMILES string of the molecule is O=C(NC(S)CCCCS)OC(S)CCCCS.[Zn]. The van der Waals surface area contributed by atoms with Crippen molar-refractivity contribution in [2.24, 2.45) is 0 Å². The fourth-order valence-corrected chi connectivity index (χ4v) is 2.32. The average Bonchev–Trinajstić information content (AvgIpc) is 2.29. The number of carbonyl (C=O) groups is 1. The van der Waals surface area contributed by atoms with Crippen molar-refractivity contribution in [3.05, 3.63) is 0 Å². The van der Waals surface area contributed by atoms with E-state index in [1.165, 1.54) is 0 Å². The third-order valence-corrected chi connectivity index (χ3v) is 3.66. The normalized spacial score (nSPS) is 13.3. The Bertz CT molecular complexity index is 205. The quantitative estimate of drug-likeness (QED) is 0.170. The molecule has 19 heavy (non-hydrogen) atoms. The van der Waals surface area contributed by atoms with Gasteiger partial charge in [-0.05, 0) is 50.0 Å². The van der Waals surface area contributed by atoms with Gasteiger partial charge in [0.1, 0.15) is 5.44 Å². The summed E-state index contributed by atoms with van der Waals surface area (Å²) in [7, 11) is 0. The van der Waals surface area contributed by atoms with Crippen LogP contribution in [0.2, 0.25) is 0 Å². The van der Waals surface area contributed by atoms with Crippen LogP contribution in [0.15, 0.2) is 0 Å². The van der Waals surface area contributed by atoms with Crippen molar-refractivity contribution in [3.63, 3.8) is 0 Å². The molecule has 0 aromatic heterocycles. The molecular formula is C11H23NO2S4Zn. The first-order valence-corrected chi connectivity index (χ1v) is 8.45. The third-order valence-electron chi connectivity index (χ3n) is 2.27. The Morgan fingerprint density at radius 1 is 1.00 bits per heavy atom. The first-order chi connectivity index (χ1) is 8.60. The van der Waals surface area contributed by atoms with Crippen molar-refractivity contribution in [2.75, 3.05) is 11.5 Å². The van der Waals surface area contributed by atoms with Crippen molar-refractivity contribution in [1.29, 1.82) is 0 Å². The van der Waals surface area contributed by atoms with Gasteiger partial charge in [-0.1, -0.05) is 0 Å². The van der Waals surface area contributed by atoms with Gasteiger partial charge in [0, 0.05) is 19.5 Å². The second kappa shape index (κ2) is 15.7. The fraction of sp³-hybridized carbons (Fsp3) is 0.909. The Kier molecular flexibility index (Phi) is 18.6. The predicted octanol–water partition coefficient (Wildman–Crippen LogP) is 3.42. The number of ether oxygens (including phenoxy) is 1. The molecule has 0 fully saturated rings. The van der Waals surface area contributed by atoms with Gasteiger partial charge in [-0.3, -0.25) is 0 Å². The van der Waals surface area contributed by atoms with Crippen molar-refractivity contribution in [2.45, 2.75) is 49.3 Å². The maximum absolute atomic E-state index is 11.5. The molecule has 0 saturated heterocycles. The summed E-state index contributed by atoms with van der Waals surface area (Å²) in [5.41, 5.74) is -0.358. The number of unbranched alkanes of at least 4 members (excludes halogenated alkanes) is 2. The summed E-state index contributed by atoms with van der Waals surface area (Å²) in [6.45, 7) is 0. The van der Waals surface area contributed by atoms with Crippen molar-refractivity contribution in [1.82, 2.24) is 5.32 Å². The van der Waals surface area contributed by atoms with Crippen LogP contribution in [0.25, 0.3) is 0 Å². The van der Waals surface area contributed by atoms with Crippen molar-refractivity contribution in [3.8, 4) is 0 Å². The van der Waals surface area contributed by atoms with E-state index in [2.05, 4.69) is 55.8 Å². The first-order valence-electron chi connectivity index (χ1n) is 6.15. The largest absolute Gasteiger partial charge is 0.435 e. The molecule has 2 atom stereocenters. The van der Waals surface area contributed by atoms with E-state index in [9.17, 15) is 4.79 Å². The maximum atomic E-state index is 11.5. The molecule has 0 aromatic rings. The number of hydrogen-bond donors (Lipinski definition) is 5. The van der Waals surface area contributed by atoms with Crippen LogP contribution in [0.3, 0.4) is 0 Å². The molecular weight excluding hydrogens is 372 g/mol. The van der Waals surface area contributed by atoms with Gasteiger partial charge in [0.15, 0.2) is 0 Å². The van der Waals surface area contributed by atoms with E-state index >= 15 is 0 Å². The Balaban J connectivity index is 0. The van der Waals surface area contributed by atoms with E-state index in [0.29, 0.717) is 0 Å². The van der Waals surface area contributed by atoms with Gasteiger partial charge >= 0.3 is 6.09 Å². The van der Waals surface area contributed by atoms with Crippen LogP contribution in [0.4, 0.5) is 4.79 Å². The van der Waals surface area contributed by atoms with Crippen LogP contribution < -0.4 is 5.32 Å². The Morgan fingerprint density at radius 2 is 1.53 bits per heavy atom. The topological polar surface area (TPSA) is 38.3 Å². The Morgan fingerprint density at radius 3 is 2.05 bits per heavy atom. The molecule has 0 spiro atoms. The smallest absolute Gasteiger partial charge is 0.409 e. The fourth-order valence-electron chi connectivity index (χ4n) is 1.30. The van der Waals surface area contributed by atoms with E-state index < -0.39 is 6.09 Å². The van der Waals surface area contributed by atoms with Crippen LogP contribution in [0, 0.1) is 0 Å². The summed E-state index contributed by atoms with van der Waals surface area (Å²) in [5, 5.41) is 2.50. The molecule has 0 rings (SSSR count). The average molecular weight is 395 g/mol. The van der Waals surface area contributed by atoms with E-state index in [4.69, 9.17) is 4.74 Å². The van der Waals surface area contributed by atoms with Crippen LogP contribution in [-0.2, 0) is 24.2 Å². The molecule has 1 amide bonds. The number of alkyl carbamates (subject to hydrolysis) is 1. The molecule has 0 aliphatic heterocycles. The van der Waals surface area contributed by atoms with Gasteiger partial charge in [0.2, 0.25) is 0 Å². The van der Waals surface area contributed by atoms with Gasteiger partial charge < -0.3 is 10.1 Å². The number of amides is 1. The number of carbonyl (C=O) groups excluding carboxylic acids is 1. The van der Waals surface area contributed by atoms with Crippen LogP contribution in [-0.4, -0.2) is 28.4 Å². The summed E-state index contributed by atoms with van der Waals surface area (Å²) in [5.74, 6) is 1.70. The van der Waals surface area contributed by atoms with Crippen LogP contribution >= 0.6 is 50.5 Å². The molecule has 0 aliphatic rings. The monoisotopic (exact) mass is 393 g/mol. The van der Waals surface area contributed by atoms with Gasteiger partial charge in [0.25, 0.3) is 0 Å². The molecule has 0 bridgehead atoms. The minimum atomic E-state index is -0.452. The number of hydrogen-bond acceptors (Lipinski definition) is 6. The second-order valence-electron chi connectivity index (χ2n) is 3.96. The first kappa shape index (κ1) is 22.6. The molecule has 0 radical (unpaired) electrons. The molecule has 3 nitrogen and oxygen atoms in total. The zero-order valence-electron chi connectivity index (χ0n) is 11.1. The number of nitrogens with one attached hydrogen (secondary N) is 1. The van der Waals surface area contributed by atoms with Crippen molar-refractivity contribution < 1.29 is 29.0 Å². The molecule has 0 saturated carbocycles. The molecule has 2 unspecified atom stereocenters. The molecule has 1 N–H and O–H groups in total. The summed E-state index contributed by atoms with van der Waals surface area (Å²) >= 11 is 16.7. The van der Waals surface area contributed by atoms with E-state index in [1.807, 2.05) is 0 Å². The minimum Gasteiger partial charge on any atom is -0.435 e. The summed E-state index contributed by atoms with van der Waals surface area (Å²) in [4.78, 5) is 11.5. The number of rotatable bonds is 10.